The molecule has 626 valence electrons. The van der Waals surface area contributed by atoms with Gasteiger partial charge in [-0.15, -0.1) is 6.58 Å². The minimum absolute atomic E-state index is 0. The molecule has 122 heavy (non-hydrogen) atoms. The van der Waals surface area contributed by atoms with Crippen LogP contribution >= 0.6 is 183 Å². The third-order valence-corrected chi connectivity index (χ3v) is 19.6. The van der Waals surface area contributed by atoms with Crippen LogP contribution in [0.15, 0.2) is 259 Å². The smallest absolute Gasteiger partial charge is 0.813 e. The fraction of sp³-hybridized carbons (Fsp3) is 0.145. The molecule has 39 heteroatoms. The first kappa shape index (κ1) is 113. The number of nitrogens with two attached hydrogens (primary N) is 2. The topological polar surface area (TPSA) is 251 Å². The van der Waals surface area contributed by atoms with Gasteiger partial charge in [-0.25, -0.2) is 13.9 Å². The number of aliphatic imine (C=N–C) groups is 1. The summed E-state index contributed by atoms with van der Waals surface area (Å²) in [6.45, 7) is 13.3. The maximum absolute atomic E-state index is 12.8. The van der Waals surface area contributed by atoms with E-state index >= 15 is 0 Å². The van der Waals surface area contributed by atoms with Crippen LogP contribution in [0.3, 0.4) is 0 Å². The minimum atomic E-state index is -0.484. The van der Waals surface area contributed by atoms with E-state index in [0.29, 0.717) is 52.8 Å². The van der Waals surface area contributed by atoms with Gasteiger partial charge in [0.15, 0.2) is 40.6 Å². The van der Waals surface area contributed by atoms with Crippen LogP contribution in [-0.4, -0.2) is 116 Å². The van der Waals surface area contributed by atoms with Crippen molar-refractivity contribution >= 4 is 309 Å². The summed E-state index contributed by atoms with van der Waals surface area (Å²) in [5.74, 6) is 1.10. The van der Waals surface area contributed by atoms with Crippen molar-refractivity contribution in [3.05, 3.63) is 308 Å². The molecule has 1 aliphatic rings. The van der Waals surface area contributed by atoms with Crippen molar-refractivity contribution in [2.75, 3.05) is 41.4 Å². The molecule has 0 saturated carbocycles. The predicted molar refractivity (Wildman–Crippen MR) is 562 cm³/mol. The van der Waals surface area contributed by atoms with Gasteiger partial charge < -0.3 is 125 Å². The van der Waals surface area contributed by atoms with Crippen molar-refractivity contribution in [2.24, 2.45) is 23.5 Å². The van der Waals surface area contributed by atoms with Crippen molar-refractivity contribution in [3.63, 3.8) is 0 Å². The Labute approximate surface area is 849 Å². The van der Waals surface area contributed by atoms with Crippen LogP contribution in [0.2, 0.25) is 0 Å². The number of hydrogen-bond donors (Lipinski definition) is 12. The van der Waals surface area contributed by atoms with Crippen molar-refractivity contribution < 1.29 is 68.4 Å². The van der Waals surface area contributed by atoms with Crippen LogP contribution in [-0.2, 0) is 33.2 Å². The van der Waals surface area contributed by atoms with Crippen molar-refractivity contribution in [1.29, 1.82) is 0 Å². The molecule has 0 fully saturated rings. The van der Waals surface area contributed by atoms with E-state index in [1.807, 2.05) is 195 Å². The zero-order chi connectivity index (χ0) is 87.9. The van der Waals surface area contributed by atoms with Crippen LogP contribution in [0.5, 0.6) is 0 Å². The molecule has 0 saturated heterocycles. The number of nitrogens with zero attached hydrogens (tertiary/aromatic N) is 5. The molecule has 1 aromatic heterocycles. The second-order valence-electron chi connectivity index (χ2n) is 24.3. The van der Waals surface area contributed by atoms with Gasteiger partial charge in [0.25, 0.3) is 5.69 Å². The SMILES string of the molecule is C=CC(C)NC(=S)NCC(=S)CC.CN=C(c1ccc(C)cc1)n1c(=S)nc(-c2ccc(C)cc2)n(C)c1=S.NC(=S)NC(N)=S.O=[N+]([O-])c1ccc(NC(=S)NC(=S)Nc2ccc(F)cc2)cc1.S=C(NC(=S)Nc1ccccc1)Nc1ccccc1.S=C1C(C(=S)c2ccccc2)=CC=C1C(=S)c1ccccc1.S=[C-]NCCCC(=S)[S-].[Na+].[Na+].[SH-]. The van der Waals surface area contributed by atoms with Gasteiger partial charge >= 0.3 is 59.1 Å². The predicted octanol–water partition coefficient (Wildman–Crippen LogP) is 12.4. The van der Waals surface area contributed by atoms with E-state index in [1.54, 1.807) is 17.7 Å². The monoisotopic (exact) mass is 1960 g/mol. The number of non-ortho nitro benzene ring substituents is 1. The molecule has 0 amide bonds. The molecular formula is C83H85FN17Na2O2S17-. The number of anilines is 4. The van der Waals surface area contributed by atoms with Gasteiger partial charge in [-0.05, 0) is 228 Å². The second-order valence-corrected chi connectivity index (χ2v) is 31.2. The summed E-state index contributed by atoms with van der Waals surface area (Å²) in [6.07, 6.45) is 8.42. The Morgan fingerprint density at radius 2 is 1.01 bits per heavy atom. The standard InChI is InChI=1S/C20H20N4S2.C19H12S3.C14H11FN4O2S2.C14H13N3S2.C9H16N2S2.C5H8NS3.C2H5N3S2.2Na.H2S/c1-13-5-9-15(10-6-13)17(21-3)24-19(25)22-18(23(4)20(24)26)16-11-7-14(2)8-12-16;20-17(13-7-3-1-4-8-13)15-11-12-16(19(15)22)18(21)14-9-5-2-6-10-14;15-9-1-3-10(4-2-9)16-13(22)18-14(23)17-11-5-7-12(8-6-11)19(20)21;18-13(15-11-7-3-1-4-8-11)17-14(19)16-12-9-5-2-6-10-12;1-4-7(3)11-9(13)10-6-8(12)5-2;7-4-6-3-1-2-5(8)9;3-1(6)5-2(4)7;;;/h5-12H,1-4H3;1-12H;1-8H,(H3,16,17,18,22,23);1-10H,(H3,15,16,17,18,19);4,7H,1,5-6H2,2-3H3,(H2,10,11,13);1-3H2,(H,6,7)(H,8,9);(H5,3,4,5,6,7);;;1H2/q;;;;;-1;;2*+1;/p-2. The molecule has 1 aliphatic carbocycles. The number of rotatable bonds is 21. The first-order valence-electron chi connectivity index (χ1n) is 35.5. The number of thiocarbonyl (C=S) groups is 13. The largest absolute Gasteiger partial charge is 1.00 e. The first-order chi connectivity index (χ1) is 56.8. The normalized spacial score (nSPS) is 10.5. The summed E-state index contributed by atoms with van der Waals surface area (Å²) in [5, 5.41) is 41.4. The molecule has 0 spiro atoms. The van der Waals surface area contributed by atoms with E-state index in [9.17, 15) is 14.5 Å². The summed E-state index contributed by atoms with van der Waals surface area (Å²) in [6, 6.07) is 67.1. The van der Waals surface area contributed by atoms with Gasteiger partial charge in [-0.3, -0.25) is 15.1 Å². The van der Waals surface area contributed by atoms with Crippen molar-refractivity contribution in [2.45, 2.75) is 53.0 Å². The van der Waals surface area contributed by atoms with Crippen molar-refractivity contribution in [1.82, 2.24) is 46.0 Å². The third-order valence-electron chi connectivity index (χ3n) is 15.2. The van der Waals surface area contributed by atoms with E-state index in [-0.39, 0.29) is 111 Å². The summed E-state index contributed by atoms with van der Waals surface area (Å²) >= 11 is 81.2. The van der Waals surface area contributed by atoms with Gasteiger partial charge in [-0.2, -0.15) is 4.20 Å². The molecular weight excluding hydrogens is 1880 g/mol. The third kappa shape index (κ3) is 44.1. The maximum Gasteiger partial charge on any atom is 1.00 e. The fourth-order valence-corrected chi connectivity index (χ4v) is 12.9. The number of benzene rings is 8. The Morgan fingerprint density at radius 1 is 0.607 bits per heavy atom. The summed E-state index contributed by atoms with van der Waals surface area (Å²) < 4.78 is 18.0. The summed E-state index contributed by atoms with van der Waals surface area (Å²) in [5.41, 5.74) is 23.4. The number of nitro benzene ring substituents is 1. The molecule has 1 unspecified atom stereocenters. The summed E-state index contributed by atoms with van der Waals surface area (Å²) in [7, 11) is 3.64. The van der Waals surface area contributed by atoms with Gasteiger partial charge in [0, 0.05) is 88.7 Å². The first-order valence-corrected chi connectivity index (χ1v) is 42.0. The zero-order valence-corrected chi connectivity index (χ0v) is 85.4. The number of nitro groups is 1. The molecule has 8 aromatic carbocycles. The Bertz CT molecular complexity index is 5140. The van der Waals surface area contributed by atoms with Crippen LogP contribution in [0.25, 0.3) is 11.4 Å². The molecule has 1 heterocycles. The minimum Gasteiger partial charge on any atom is -0.813 e. The van der Waals surface area contributed by atoms with E-state index in [2.05, 4.69) is 163 Å². The number of hydrogen-bond acceptors (Lipinski definition) is 21. The van der Waals surface area contributed by atoms with Crippen LogP contribution in [0, 0.1) is 39.3 Å². The maximum atomic E-state index is 12.8. The van der Waals surface area contributed by atoms with Gasteiger partial charge in [0.05, 0.1) is 19.5 Å². The number of aromatic nitrogens is 3. The summed E-state index contributed by atoms with van der Waals surface area (Å²) in [4.78, 5) is 22.4. The molecule has 14 N–H and O–H groups in total. The van der Waals surface area contributed by atoms with E-state index in [1.165, 1.54) is 59.7 Å². The molecule has 10 rings (SSSR count). The molecule has 19 nitrogen and oxygen atoms in total. The Balaban J connectivity index is 0.000000733. The zero-order valence-electron chi connectivity index (χ0n) is 67.4. The number of thiol groups is 1. The van der Waals surface area contributed by atoms with Gasteiger partial charge in [0.2, 0.25) is 4.77 Å². The molecule has 0 radical (unpaired) electrons. The average molecular weight is 1960 g/mol. The number of halogens is 1. The average Bonchev–Trinajstić information content (AvgIpc) is 0.939. The van der Waals surface area contributed by atoms with E-state index < -0.39 is 4.92 Å². The quantitative estimate of drug-likeness (QED) is 0.00255. The fourth-order valence-electron chi connectivity index (χ4n) is 9.26. The molecule has 1 atom stereocenters. The van der Waals surface area contributed by atoms with Crippen molar-refractivity contribution in [3.8, 4) is 11.4 Å². The molecule has 9 aromatic rings. The van der Waals surface area contributed by atoms with Crippen LogP contribution in [0.1, 0.15) is 60.9 Å². The van der Waals surface area contributed by atoms with Gasteiger partial charge in [-0.1, -0.05) is 231 Å². The number of para-hydroxylation sites is 2. The van der Waals surface area contributed by atoms with E-state index in [4.69, 9.17) is 146 Å². The molecule has 0 bridgehead atoms. The Hall–Kier alpha value is -7.23. The number of aryl methyl sites for hydroxylation is 2. The van der Waals surface area contributed by atoms with E-state index in [0.717, 1.165) is 95.9 Å². The second kappa shape index (κ2) is 62.8. The molecule has 0 aliphatic heterocycles. The van der Waals surface area contributed by atoms with Crippen LogP contribution < -0.4 is 124 Å². The van der Waals surface area contributed by atoms with Crippen LogP contribution in [0.4, 0.5) is 32.8 Å². The number of allylic oxidation sites excluding steroid dienone is 4. The van der Waals surface area contributed by atoms with Gasteiger partial charge in [0.1, 0.15) is 17.5 Å². The Kier molecular flexibility index (Phi) is 58.1. The Morgan fingerprint density at radius 3 is 1.38 bits per heavy atom. The number of nitrogens with one attached hydrogen (secondary N) is 10.